The predicted molar refractivity (Wildman–Crippen MR) is 74.9 cm³/mol. The van der Waals surface area contributed by atoms with Crippen LogP contribution in [0.15, 0.2) is 35.1 Å². The van der Waals surface area contributed by atoms with Gasteiger partial charge in [-0.25, -0.2) is 4.79 Å². The van der Waals surface area contributed by atoms with Crippen molar-refractivity contribution in [3.05, 3.63) is 46.4 Å². The molecule has 6 heteroatoms. The van der Waals surface area contributed by atoms with Gasteiger partial charge in [-0.3, -0.25) is 9.59 Å². The number of pyridine rings is 1. The van der Waals surface area contributed by atoms with Crippen LogP contribution in [0.1, 0.15) is 18.0 Å². The van der Waals surface area contributed by atoms with Gasteiger partial charge in [-0.2, -0.15) is 0 Å². The normalized spacial score (nSPS) is 23.9. The minimum atomic E-state index is -1.13. The zero-order chi connectivity index (χ0) is 15.0. The number of nitrogens with zero attached hydrogens (tertiary/aromatic N) is 2. The van der Waals surface area contributed by atoms with E-state index in [0.717, 1.165) is 24.3 Å². The Bertz CT molecular complexity index is 676. The Morgan fingerprint density at radius 3 is 2.76 bits per heavy atom. The molecule has 1 amide bonds. The van der Waals surface area contributed by atoms with Crippen LogP contribution < -0.4 is 5.56 Å². The lowest BCUT2D eigenvalue weighted by atomic mass is 9.83. The Balaban J connectivity index is 1.83. The first-order valence-corrected chi connectivity index (χ1v) is 6.94. The summed E-state index contributed by atoms with van der Waals surface area (Å²) in [6.07, 6.45) is 2.93. The van der Waals surface area contributed by atoms with Crippen LogP contribution in [0.4, 0.5) is 0 Å². The molecule has 110 valence electrons. The number of piperidine rings is 1. The maximum atomic E-state index is 12.0. The van der Waals surface area contributed by atoms with Crippen molar-refractivity contribution in [1.29, 1.82) is 0 Å². The molecule has 0 unspecified atom stereocenters. The largest absolute Gasteiger partial charge is 0.478 e. The predicted octanol–water partition coefficient (Wildman–Crippen LogP) is 0.435. The van der Waals surface area contributed by atoms with E-state index in [2.05, 4.69) is 0 Å². The van der Waals surface area contributed by atoms with Crippen LogP contribution in [0.5, 0.6) is 0 Å². The topological polar surface area (TPSA) is 79.6 Å². The Morgan fingerprint density at radius 1 is 1.19 bits per heavy atom. The second-order valence-electron chi connectivity index (χ2n) is 5.61. The highest BCUT2D eigenvalue weighted by molar-refractivity contribution is 5.94. The molecule has 0 aromatic carbocycles. The third-order valence-electron chi connectivity index (χ3n) is 4.16. The van der Waals surface area contributed by atoms with E-state index in [4.69, 9.17) is 5.11 Å². The van der Waals surface area contributed by atoms with Crippen molar-refractivity contribution in [2.45, 2.75) is 18.9 Å². The van der Waals surface area contributed by atoms with Gasteiger partial charge in [0.15, 0.2) is 0 Å². The van der Waals surface area contributed by atoms with Crippen molar-refractivity contribution in [3.8, 4) is 0 Å². The van der Waals surface area contributed by atoms with Crippen molar-refractivity contribution < 1.29 is 14.7 Å². The van der Waals surface area contributed by atoms with E-state index in [1.54, 1.807) is 21.6 Å². The van der Waals surface area contributed by atoms with Gasteiger partial charge in [-0.05, 0) is 18.4 Å². The Morgan fingerprint density at radius 2 is 2.00 bits per heavy atom. The van der Waals surface area contributed by atoms with E-state index >= 15 is 0 Å². The van der Waals surface area contributed by atoms with Gasteiger partial charge < -0.3 is 14.6 Å². The monoisotopic (exact) mass is 288 g/mol. The van der Waals surface area contributed by atoms with Crippen molar-refractivity contribution in [3.63, 3.8) is 0 Å². The number of likely N-dealkylation sites (tertiary alicyclic amines) is 1. The maximum Gasteiger partial charge on any atom is 0.328 e. The number of carboxylic acids is 1. The van der Waals surface area contributed by atoms with E-state index in [0.29, 0.717) is 19.6 Å². The fourth-order valence-electron chi connectivity index (χ4n) is 3.32. The van der Waals surface area contributed by atoms with E-state index in [1.807, 2.05) is 6.07 Å². The highest BCUT2D eigenvalue weighted by Crippen LogP contribution is 2.34. The van der Waals surface area contributed by atoms with E-state index in [1.165, 1.54) is 0 Å². The third-order valence-corrected chi connectivity index (χ3v) is 4.16. The number of hydrogen-bond donors (Lipinski definition) is 1. The maximum absolute atomic E-state index is 12.0. The second kappa shape index (κ2) is 5.20. The molecule has 0 saturated carbocycles. The Labute approximate surface area is 121 Å². The van der Waals surface area contributed by atoms with Gasteiger partial charge in [0.1, 0.15) is 0 Å². The van der Waals surface area contributed by atoms with Crippen LogP contribution in [0.3, 0.4) is 0 Å². The van der Waals surface area contributed by atoms with E-state index < -0.39 is 5.97 Å². The third kappa shape index (κ3) is 2.61. The SMILES string of the molecule is O=C(O)/C=C/C(=O)N1C[C@H]2C[C@@H](C1)c1cccc(=O)n1C2. The van der Waals surface area contributed by atoms with Crippen LogP contribution in [0, 0.1) is 5.92 Å². The first-order chi connectivity index (χ1) is 10.0. The van der Waals surface area contributed by atoms with E-state index in [-0.39, 0.29) is 23.3 Å². The molecule has 2 atom stereocenters. The summed E-state index contributed by atoms with van der Waals surface area (Å²) in [6.45, 7) is 1.72. The van der Waals surface area contributed by atoms with Gasteiger partial charge in [-0.1, -0.05) is 6.07 Å². The van der Waals surface area contributed by atoms with Crippen LogP contribution in [-0.4, -0.2) is 39.5 Å². The molecule has 21 heavy (non-hydrogen) atoms. The summed E-state index contributed by atoms with van der Waals surface area (Å²) in [5.74, 6) is -1.01. The molecule has 2 aliphatic heterocycles. The number of hydrogen-bond acceptors (Lipinski definition) is 3. The smallest absolute Gasteiger partial charge is 0.328 e. The first kappa shape index (κ1) is 13.6. The first-order valence-electron chi connectivity index (χ1n) is 6.94. The average molecular weight is 288 g/mol. The molecule has 6 nitrogen and oxygen atoms in total. The summed E-state index contributed by atoms with van der Waals surface area (Å²) in [5, 5.41) is 8.59. The molecular formula is C15H16N2O4. The number of amides is 1. The highest BCUT2D eigenvalue weighted by Gasteiger charge is 2.35. The number of carbonyl (C=O) groups is 2. The minimum Gasteiger partial charge on any atom is -0.478 e. The molecule has 0 aliphatic carbocycles. The number of carbonyl (C=O) groups excluding carboxylic acids is 1. The fourth-order valence-corrected chi connectivity index (χ4v) is 3.32. The summed E-state index contributed by atoms with van der Waals surface area (Å²) in [4.78, 5) is 36.1. The number of aliphatic carboxylic acids is 1. The minimum absolute atomic E-state index is 0.00718. The summed E-state index contributed by atoms with van der Waals surface area (Å²) >= 11 is 0. The van der Waals surface area contributed by atoms with Crippen LogP contribution in [-0.2, 0) is 16.1 Å². The van der Waals surface area contributed by atoms with Crippen molar-refractivity contribution in [2.75, 3.05) is 13.1 Å². The molecule has 3 rings (SSSR count). The molecule has 0 radical (unpaired) electrons. The van der Waals surface area contributed by atoms with Crippen molar-refractivity contribution in [2.24, 2.45) is 5.92 Å². The van der Waals surface area contributed by atoms with Crippen molar-refractivity contribution >= 4 is 11.9 Å². The number of fused-ring (bicyclic) bond motifs is 4. The molecular weight excluding hydrogens is 272 g/mol. The lowest BCUT2D eigenvalue weighted by Crippen LogP contribution is -2.48. The van der Waals surface area contributed by atoms with Gasteiger partial charge >= 0.3 is 5.97 Å². The molecule has 1 N–H and O–H groups in total. The molecule has 1 aromatic heterocycles. The fraction of sp³-hybridized carbons (Fsp3) is 0.400. The number of rotatable bonds is 2. The van der Waals surface area contributed by atoms with Gasteiger partial charge in [0, 0.05) is 49.5 Å². The van der Waals surface area contributed by atoms with Gasteiger partial charge in [0.2, 0.25) is 5.91 Å². The average Bonchev–Trinajstić information content (AvgIpc) is 2.45. The van der Waals surface area contributed by atoms with Crippen LogP contribution >= 0.6 is 0 Å². The molecule has 3 heterocycles. The molecule has 1 aromatic rings. The van der Waals surface area contributed by atoms with Gasteiger partial charge in [-0.15, -0.1) is 0 Å². The molecule has 2 bridgehead atoms. The second-order valence-corrected chi connectivity index (χ2v) is 5.61. The number of aromatic nitrogens is 1. The van der Waals surface area contributed by atoms with Crippen LogP contribution in [0.25, 0.3) is 0 Å². The molecule has 1 fully saturated rings. The lowest BCUT2D eigenvalue weighted by molar-refractivity contribution is -0.132. The quantitative estimate of drug-likeness (QED) is 0.801. The Kier molecular flexibility index (Phi) is 3.37. The van der Waals surface area contributed by atoms with Gasteiger partial charge in [0.25, 0.3) is 5.56 Å². The highest BCUT2D eigenvalue weighted by atomic mass is 16.4. The lowest BCUT2D eigenvalue weighted by Gasteiger charge is -2.42. The number of carboxylic acid groups (broad SMARTS) is 1. The Hall–Kier alpha value is -2.37. The summed E-state index contributed by atoms with van der Waals surface area (Å²) in [7, 11) is 0. The van der Waals surface area contributed by atoms with Crippen LogP contribution in [0.2, 0.25) is 0 Å². The van der Waals surface area contributed by atoms with Gasteiger partial charge in [0.05, 0.1) is 0 Å². The van der Waals surface area contributed by atoms with Crippen molar-refractivity contribution in [1.82, 2.24) is 9.47 Å². The zero-order valence-electron chi connectivity index (χ0n) is 11.4. The summed E-state index contributed by atoms with van der Waals surface area (Å²) in [6, 6.07) is 5.24. The van der Waals surface area contributed by atoms with E-state index in [9.17, 15) is 14.4 Å². The zero-order valence-corrected chi connectivity index (χ0v) is 11.4. The summed E-state index contributed by atoms with van der Waals surface area (Å²) < 4.78 is 1.80. The standard InChI is InChI=1S/C15H16N2O4/c18-13(4-5-15(20)21)16-7-10-6-11(9-16)12-2-1-3-14(19)17(12)8-10/h1-5,10-11H,6-9H2,(H,20,21)/b5-4+/t10-,11+/m1/s1. The molecule has 0 spiro atoms. The molecule has 2 aliphatic rings. The molecule has 1 saturated heterocycles. The summed E-state index contributed by atoms with van der Waals surface area (Å²) in [5.41, 5.74) is 0.978.